The number of nitrogens with one attached hydrogen (secondary N) is 1. The zero-order chi connectivity index (χ0) is 12.1. The van der Waals surface area contributed by atoms with E-state index in [1.807, 2.05) is 12.1 Å². The minimum Gasteiger partial charge on any atom is -0.329 e. The largest absolute Gasteiger partial charge is 0.329 e. The van der Waals surface area contributed by atoms with Gasteiger partial charge in [0.05, 0.1) is 0 Å². The Kier molecular flexibility index (Phi) is 4.43. The van der Waals surface area contributed by atoms with Gasteiger partial charge in [-0.1, -0.05) is 43.0 Å². The Hall–Kier alpha value is -0.570. The summed E-state index contributed by atoms with van der Waals surface area (Å²) in [6.07, 6.45) is 6.34. The van der Waals surface area contributed by atoms with E-state index in [-0.39, 0.29) is 5.54 Å². The predicted octanol–water partition coefficient (Wildman–Crippen LogP) is 3.05. The van der Waals surface area contributed by atoms with Gasteiger partial charge in [0.2, 0.25) is 0 Å². The topological polar surface area (TPSA) is 38.0 Å². The second-order valence-electron chi connectivity index (χ2n) is 4.87. The summed E-state index contributed by atoms with van der Waals surface area (Å²) in [4.78, 5) is 0. The van der Waals surface area contributed by atoms with Crippen LogP contribution in [0.5, 0.6) is 0 Å². The molecule has 0 amide bonds. The third-order valence-electron chi connectivity index (χ3n) is 3.71. The Morgan fingerprint density at radius 3 is 2.35 bits per heavy atom. The fraction of sp³-hybridized carbons (Fsp3) is 0.571. The van der Waals surface area contributed by atoms with Gasteiger partial charge in [0.1, 0.15) is 0 Å². The molecule has 0 atom stereocenters. The van der Waals surface area contributed by atoms with Crippen molar-refractivity contribution in [1.82, 2.24) is 5.32 Å². The summed E-state index contributed by atoms with van der Waals surface area (Å²) in [7, 11) is 0. The molecule has 2 nitrogen and oxygen atoms in total. The Labute approximate surface area is 109 Å². The normalized spacial score (nSPS) is 19.2. The lowest BCUT2D eigenvalue weighted by molar-refractivity contribution is 0.236. The monoisotopic (exact) mass is 252 g/mol. The van der Waals surface area contributed by atoms with E-state index >= 15 is 0 Å². The van der Waals surface area contributed by atoms with Gasteiger partial charge >= 0.3 is 0 Å². The highest BCUT2D eigenvalue weighted by atomic mass is 35.5. The van der Waals surface area contributed by atoms with Gasteiger partial charge < -0.3 is 11.1 Å². The van der Waals surface area contributed by atoms with Crippen LogP contribution < -0.4 is 11.1 Å². The van der Waals surface area contributed by atoms with Crippen molar-refractivity contribution >= 4 is 11.6 Å². The molecular weight excluding hydrogens is 232 g/mol. The predicted molar refractivity (Wildman–Crippen MR) is 73.3 cm³/mol. The molecule has 0 spiro atoms. The average molecular weight is 253 g/mol. The van der Waals surface area contributed by atoms with E-state index < -0.39 is 0 Å². The first kappa shape index (κ1) is 12.9. The highest BCUT2D eigenvalue weighted by molar-refractivity contribution is 6.30. The zero-order valence-electron chi connectivity index (χ0n) is 10.2. The minimum atomic E-state index is 0.127. The van der Waals surface area contributed by atoms with E-state index in [2.05, 4.69) is 17.4 Å². The molecule has 1 aliphatic rings. The van der Waals surface area contributed by atoms with E-state index in [1.165, 1.54) is 37.7 Å². The second kappa shape index (κ2) is 5.85. The van der Waals surface area contributed by atoms with Crippen LogP contribution in [-0.4, -0.2) is 13.1 Å². The van der Waals surface area contributed by atoms with Gasteiger partial charge in [-0.2, -0.15) is 0 Å². The van der Waals surface area contributed by atoms with Gasteiger partial charge in [0.15, 0.2) is 0 Å². The molecule has 0 radical (unpaired) electrons. The van der Waals surface area contributed by atoms with Crippen LogP contribution >= 0.6 is 11.6 Å². The summed E-state index contributed by atoms with van der Waals surface area (Å²) in [5, 5.41) is 4.46. The zero-order valence-corrected chi connectivity index (χ0v) is 11.0. The molecule has 0 heterocycles. The molecule has 0 aromatic heterocycles. The van der Waals surface area contributed by atoms with E-state index in [4.69, 9.17) is 17.3 Å². The lowest BCUT2D eigenvalue weighted by Crippen LogP contribution is -2.45. The third-order valence-corrected chi connectivity index (χ3v) is 3.96. The number of rotatable bonds is 4. The molecule has 0 saturated heterocycles. The van der Waals surface area contributed by atoms with Crippen LogP contribution in [0, 0.1) is 0 Å². The van der Waals surface area contributed by atoms with Crippen LogP contribution in [0.25, 0.3) is 0 Å². The summed E-state index contributed by atoms with van der Waals surface area (Å²) in [5.74, 6) is 0. The number of nitrogens with two attached hydrogens (primary N) is 1. The molecule has 1 aromatic carbocycles. The van der Waals surface area contributed by atoms with E-state index in [9.17, 15) is 0 Å². The molecule has 1 saturated carbocycles. The number of hydrogen-bond acceptors (Lipinski definition) is 2. The fourth-order valence-electron chi connectivity index (χ4n) is 2.80. The van der Waals surface area contributed by atoms with Gasteiger partial charge in [-0.25, -0.2) is 0 Å². The van der Waals surface area contributed by atoms with Crippen molar-refractivity contribution in [3.8, 4) is 0 Å². The van der Waals surface area contributed by atoms with Crippen molar-refractivity contribution in [2.45, 2.75) is 37.6 Å². The van der Waals surface area contributed by atoms with Gasteiger partial charge in [0, 0.05) is 23.7 Å². The molecular formula is C14H21ClN2. The Bertz CT molecular complexity index is 342. The number of benzene rings is 1. The van der Waals surface area contributed by atoms with Crippen molar-refractivity contribution in [3.05, 3.63) is 34.9 Å². The Morgan fingerprint density at radius 1 is 1.12 bits per heavy atom. The van der Waals surface area contributed by atoms with Crippen LogP contribution in [-0.2, 0) is 5.54 Å². The highest BCUT2D eigenvalue weighted by Gasteiger charge is 2.32. The SMILES string of the molecule is NCCNC1(c2ccc(Cl)cc2)CCCCC1. The first-order valence-corrected chi connectivity index (χ1v) is 6.86. The second-order valence-corrected chi connectivity index (χ2v) is 5.30. The van der Waals surface area contributed by atoms with Gasteiger partial charge in [-0.05, 0) is 30.5 Å². The molecule has 1 aromatic rings. The summed E-state index contributed by atoms with van der Waals surface area (Å²) in [5.41, 5.74) is 7.11. The standard InChI is InChI=1S/C14H21ClN2/c15-13-6-4-12(5-7-13)14(17-11-10-16)8-2-1-3-9-14/h4-7,17H,1-3,8-11,16H2. The maximum absolute atomic E-state index is 5.96. The molecule has 3 heteroatoms. The van der Waals surface area contributed by atoms with Crippen LogP contribution in [0.4, 0.5) is 0 Å². The van der Waals surface area contributed by atoms with Crippen LogP contribution in [0.2, 0.25) is 5.02 Å². The van der Waals surface area contributed by atoms with E-state index in [1.54, 1.807) is 0 Å². The molecule has 0 unspecified atom stereocenters. The maximum Gasteiger partial charge on any atom is 0.0435 e. The van der Waals surface area contributed by atoms with Gasteiger partial charge in [0.25, 0.3) is 0 Å². The summed E-state index contributed by atoms with van der Waals surface area (Å²) < 4.78 is 0. The molecule has 17 heavy (non-hydrogen) atoms. The molecule has 0 bridgehead atoms. The van der Waals surface area contributed by atoms with Gasteiger partial charge in [-0.15, -0.1) is 0 Å². The van der Waals surface area contributed by atoms with Crippen LogP contribution in [0.3, 0.4) is 0 Å². The quantitative estimate of drug-likeness (QED) is 0.865. The molecule has 0 aliphatic heterocycles. The summed E-state index contributed by atoms with van der Waals surface area (Å²) >= 11 is 5.96. The lowest BCUT2D eigenvalue weighted by Gasteiger charge is -2.39. The first-order valence-electron chi connectivity index (χ1n) is 6.48. The van der Waals surface area contributed by atoms with Crippen molar-refractivity contribution in [2.24, 2.45) is 5.73 Å². The van der Waals surface area contributed by atoms with Crippen LogP contribution in [0.1, 0.15) is 37.7 Å². The van der Waals surface area contributed by atoms with Crippen LogP contribution in [0.15, 0.2) is 24.3 Å². The molecule has 2 rings (SSSR count). The summed E-state index contributed by atoms with van der Waals surface area (Å²) in [6.45, 7) is 1.57. The lowest BCUT2D eigenvalue weighted by atomic mass is 9.76. The molecule has 94 valence electrons. The molecule has 1 aliphatic carbocycles. The third kappa shape index (κ3) is 3.01. The van der Waals surface area contributed by atoms with Crippen molar-refractivity contribution in [2.75, 3.05) is 13.1 Å². The average Bonchev–Trinajstić information content (AvgIpc) is 2.38. The fourth-order valence-corrected chi connectivity index (χ4v) is 2.93. The van der Waals surface area contributed by atoms with E-state index in [0.717, 1.165) is 11.6 Å². The van der Waals surface area contributed by atoms with E-state index in [0.29, 0.717) is 6.54 Å². The Morgan fingerprint density at radius 2 is 1.76 bits per heavy atom. The van der Waals surface area contributed by atoms with Crippen molar-refractivity contribution in [1.29, 1.82) is 0 Å². The van der Waals surface area contributed by atoms with Gasteiger partial charge in [-0.3, -0.25) is 0 Å². The Balaban J connectivity index is 2.21. The smallest absolute Gasteiger partial charge is 0.0435 e. The van der Waals surface area contributed by atoms with Crippen molar-refractivity contribution < 1.29 is 0 Å². The number of hydrogen-bond donors (Lipinski definition) is 2. The first-order chi connectivity index (χ1) is 8.27. The number of halogens is 1. The summed E-state index contributed by atoms with van der Waals surface area (Å²) in [6, 6.07) is 8.27. The maximum atomic E-state index is 5.96. The van der Waals surface area contributed by atoms with Crippen molar-refractivity contribution in [3.63, 3.8) is 0 Å². The minimum absolute atomic E-state index is 0.127. The molecule has 3 N–H and O–H groups in total. The highest BCUT2D eigenvalue weighted by Crippen LogP contribution is 2.37. The molecule has 1 fully saturated rings.